The van der Waals surface area contributed by atoms with Gasteiger partial charge in [-0.05, 0) is 30.3 Å². The van der Waals surface area contributed by atoms with Gasteiger partial charge in [0.15, 0.2) is 23.1 Å². The van der Waals surface area contributed by atoms with E-state index in [0.29, 0.717) is 36.7 Å². The Bertz CT molecular complexity index is 986. The summed E-state index contributed by atoms with van der Waals surface area (Å²) in [6, 6.07) is 9.07. The van der Waals surface area contributed by atoms with Crippen LogP contribution in [0.3, 0.4) is 0 Å². The first-order valence-corrected chi connectivity index (χ1v) is 8.31. The van der Waals surface area contributed by atoms with Gasteiger partial charge in [0.2, 0.25) is 6.79 Å². The number of amides is 1. The molecule has 8 heteroatoms. The second kappa shape index (κ2) is 5.83. The van der Waals surface area contributed by atoms with E-state index in [1.165, 1.54) is 0 Å². The van der Waals surface area contributed by atoms with Crippen LogP contribution in [0.4, 0.5) is 0 Å². The molecule has 0 aliphatic carbocycles. The van der Waals surface area contributed by atoms with Crippen molar-refractivity contribution in [1.29, 1.82) is 0 Å². The molecule has 0 unspecified atom stereocenters. The van der Waals surface area contributed by atoms with Gasteiger partial charge in [0.1, 0.15) is 0 Å². The number of benzene rings is 1. The van der Waals surface area contributed by atoms with E-state index in [-0.39, 0.29) is 12.7 Å². The van der Waals surface area contributed by atoms with Crippen LogP contribution in [0, 0.1) is 0 Å². The fourth-order valence-electron chi connectivity index (χ4n) is 3.26. The summed E-state index contributed by atoms with van der Waals surface area (Å²) < 4.78 is 12.7. The summed E-state index contributed by atoms with van der Waals surface area (Å²) in [7, 11) is 0. The molecule has 0 spiro atoms. The number of carbonyl (C=O) groups excluding carboxylic acids is 1. The van der Waals surface area contributed by atoms with E-state index in [9.17, 15) is 4.79 Å². The molecule has 4 heterocycles. The third-order valence-corrected chi connectivity index (χ3v) is 4.60. The summed E-state index contributed by atoms with van der Waals surface area (Å²) in [6.45, 7) is 1.86. The number of hydrogen-bond donors (Lipinski definition) is 0. The van der Waals surface area contributed by atoms with Crippen LogP contribution >= 0.6 is 0 Å². The van der Waals surface area contributed by atoms with E-state index in [1.807, 2.05) is 12.1 Å². The second-order valence-corrected chi connectivity index (χ2v) is 6.12. The summed E-state index contributed by atoms with van der Waals surface area (Å²) in [6.07, 6.45) is 3.46. The quantitative estimate of drug-likeness (QED) is 0.701. The Labute approximate surface area is 149 Å². The number of pyridine rings is 1. The first kappa shape index (κ1) is 14.9. The average Bonchev–Trinajstić information content (AvgIpc) is 3.33. The smallest absolute Gasteiger partial charge is 0.254 e. The van der Waals surface area contributed by atoms with Crippen LogP contribution in [0.5, 0.6) is 11.5 Å². The van der Waals surface area contributed by atoms with Crippen LogP contribution in [-0.2, 0) is 13.1 Å². The van der Waals surface area contributed by atoms with Gasteiger partial charge in [0.25, 0.3) is 5.91 Å². The highest BCUT2D eigenvalue weighted by atomic mass is 16.7. The zero-order valence-corrected chi connectivity index (χ0v) is 13.8. The van der Waals surface area contributed by atoms with E-state index >= 15 is 0 Å². The predicted octanol–water partition coefficient (Wildman–Crippen LogP) is 1.72. The van der Waals surface area contributed by atoms with Gasteiger partial charge in [-0.1, -0.05) is 0 Å². The van der Waals surface area contributed by atoms with Gasteiger partial charge >= 0.3 is 0 Å². The maximum Gasteiger partial charge on any atom is 0.254 e. The number of carbonyl (C=O) groups is 1. The molecule has 8 nitrogen and oxygen atoms in total. The molecule has 0 saturated carbocycles. The molecule has 0 fully saturated rings. The molecule has 5 rings (SSSR count). The summed E-state index contributed by atoms with van der Waals surface area (Å²) in [5.41, 5.74) is 1.55. The van der Waals surface area contributed by atoms with Gasteiger partial charge in [0, 0.05) is 36.6 Å². The lowest BCUT2D eigenvalue weighted by Gasteiger charge is -2.28. The van der Waals surface area contributed by atoms with Crippen molar-refractivity contribution in [3.05, 3.63) is 54.1 Å². The molecule has 2 aliphatic heterocycles. The second-order valence-electron chi connectivity index (χ2n) is 6.12. The Morgan fingerprint density at radius 1 is 1.00 bits per heavy atom. The molecule has 130 valence electrons. The monoisotopic (exact) mass is 349 g/mol. The zero-order valence-electron chi connectivity index (χ0n) is 13.8. The molecule has 0 bridgehead atoms. The van der Waals surface area contributed by atoms with Crippen molar-refractivity contribution in [2.75, 3.05) is 13.3 Å². The molecule has 3 aromatic rings. The number of ether oxygens (including phenoxy) is 2. The summed E-state index contributed by atoms with van der Waals surface area (Å²) in [5, 5.41) is 8.56. The maximum atomic E-state index is 12.9. The first-order chi connectivity index (χ1) is 12.8. The van der Waals surface area contributed by atoms with Crippen LogP contribution in [-0.4, -0.2) is 43.9 Å². The number of hydrogen-bond acceptors (Lipinski definition) is 6. The van der Waals surface area contributed by atoms with Crippen molar-refractivity contribution in [3.63, 3.8) is 0 Å². The molecular formula is C18H15N5O3. The lowest BCUT2D eigenvalue weighted by molar-refractivity contribution is 0.0707. The molecule has 0 atom stereocenters. The average molecular weight is 349 g/mol. The number of nitrogens with zero attached hydrogens (tertiary/aromatic N) is 5. The minimum absolute atomic E-state index is 0.0528. The number of aromatic nitrogens is 4. The normalized spacial score (nSPS) is 15.0. The minimum Gasteiger partial charge on any atom is -0.454 e. The van der Waals surface area contributed by atoms with Crippen molar-refractivity contribution in [1.82, 2.24) is 24.6 Å². The topological polar surface area (TPSA) is 82.4 Å². The predicted molar refractivity (Wildman–Crippen MR) is 90.6 cm³/mol. The first-order valence-electron chi connectivity index (χ1n) is 8.31. The molecule has 26 heavy (non-hydrogen) atoms. The summed E-state index contributed by atoms with van der Waals surface area (Å²) in [4.78, 5) is 18.7. The van der Waals surface area contributed by atoms with Gasteiger partial charge in [-0.15, -0.1) is 10.2 Å². The Morgan fingerprint density at radius 3 is 2.73 bits per heavy atom. The van der Waals surface area contributed by atoms with Crippen molar-refractivity contribution < 1.29 is 14.3 Å². The highest BCUT2D eigenvalue weighted by molar-refractivity contribution is 5.95. The maximum absolute atomic E-state index is 12.9. The van der Waals surface area contributed by atoms with Gasteiger partial charge in [-0.25, -0.2) is 0 Å². The van der Waals surface area contributed by atoms with Crippen molar-refractivity contribution in [3.8, 4) is 22.9 Å². The van der Waals surface area contributed by atoms with Crippen LogP contribution < -0.4 is 9.47 Å². The van der Waals surface area contributed by atoms with Crippen molar-refractivity contribution >= 4 is 5.91 Å². The van der Waals surface area contributed by atoms with E-state index in [1.54, 1.807) is 35.5 Å². The standard InChI is InChI=1S/C18H15N5O3/c24-18(13-1-2-14-15(9-13)26-11-25-14)22-7-8-23-16(10-22)20-21-17(23)12-3-5-19-6-4-12/h1-6,9H,7-8,10-11H2. The largest absolute Gasteiger partial charge is 0.454 e. The van der Waals surface area contributed by atoms with Gasteiger partial charge in [-0.3, -0.25) is 9.78 Å². The Hall–Kier alpha value is -3.42. The highest BCUT2D eigenvalue weighted by Gasteiger charge is 2.26. The van der Waals surface area contributed by atoms with Crippen molar-refractivity contribution in [2.45, 2.75) is 13.1 Å². The lowest BCUT2D eigenvalue weighted by Crippen LogP contribution is -2.38. The molecule has 0 N–H and O–H groups in total. The van der Waals surface area contributed by atoms with Gasteiger partial charge in [0.05, 0.1) is 6.54 Å². The highest BCUT2D eigenvalue weighted by Crippen LogP contribution is 2.33. The van der Waals surface area contributed by atoms with Gasteiger partial charge < -0.3 is 18.9 Å². The molecule has 0 saturated heterocycles. The van der Waals surface area contributed by atoms with Crippen LogP contribution in [0.15, 0.2) is 42.7 Å². The summed E-state index contributed by atoms with van der Waals surface area (Å²) >= 11 is 0. The number of rotatable bonds is 2. The van der Waals surface area contributed by atoms with Crippen LogP contribution in [0.2, 0.25) is 0 Å². The molecule has 2 aliphatic rings. The molecule has 1 amide bonds. The molecule has 1 aromatic carbocycles. The zero-order chi connectivity index (χ0) is 17.5. The SMILES string of the molecule is O=C(c1ccc2c(c1)OCO2)N1CCn2c(nnc2-c2ccncc2)C1. The Morgan fingerprint density at radius 2 is 1.85 bits per heavy atom. The van der Waals surface area contributed by atoms with Crippen molar-refractivity contribution in [2.24, 2.45) is 0 Å². The molecule has 2 aromatic heterocycles. The van der Waals surface area contributed by atoms with Crippen LogP contribution in [0.1, 0.15) is 16.2 Å². The fourth-order valence-corrected chi connectivity index (χ4v) is 3.26. The Balaban J connectivity index is 1.39. The fraction of sp³-hybridized carbons (Fsp3) is 0.222. The van der Waals surface area contributed by atoms with E-state index in [2.05, 4.69) is 19.7 Å². The summed E-state index contributed by atoms with van der Waals surface area (Å²) in [5.74, 6) is 2.80. The third-order valence-electron chi connectivity index (χ3n) is 4.60. The van der Waals surface area contributed by atoms with Crippen LogP contribution in [0.25, 0.3) is 11.4 Å². The molecular weight excluding hydrogens is 334 g/mol. The molecule has 0 radical (unpaired) electrons. The van der Waals surface area contributed by atoms with Gasteiger partial charge in [-0.2, -0.15) is 0 Å². The van der Waals surface area contributed by atoms with E-state index in [4.69, 9.17) is 9.47 Å². The number of fused-ring (bicyclic) bond motifs is 2. The lowest BCUT2D eigenvalue weighted by atomic mass is 10.1. The third kappa shape index (κ3) is 2.38. The Kier molecular flexibility index (Phi) is 3.34. The van der Waals surface area contributed by atoms with E-state index in [0.717, 1.165) is 17.2 Å². The minimum atomic E-state index is -0.0528. The van der Waals surface area contributed by atoms with E-state index < -0.39 is 0 Å².